The molecule has 8 heteroatoms. The zero-order valence-electron chi connectivity index (χ0n) is 11.3. The first-order valence-corrected chi connectivity index (χ1v) is 7.70. The van der Waals surface area contributed by atoms with Gasteiger partial charge in [0, 0.05) is 18.4 Å². The van der Waals surface area contributed by atoms with E-state index in [1.165, 1.54) is 18.2 Å². The van der Waals surface area contributed by atoms with Gasteiger partial charge in [-0.15, -0.1) is 0 Å². The highest BCUT2D eigenvalue weighted by atomic mass is 32.2. The van der Waals surface area contributed by atoms with Crippen LogP contribution >= 0.6 is 0 Å². The number of aromatic nitrogens is 2. The van der Waals surface area contributed by atoms with E-state index in [1.807, 2.05) is 0 Å². The van der Waals surface area contributed by atoms with Crippen LogP contribution in [0.2, 0.25) is 0 Å². The van der Waals surface area contributed by atoms with Gasteiger partial charge in [0.1, 0.15) is 0 Å². The van der Waals surface area contributed by atoms with Crippen LogP contribution in [0.5, 0.6) is 0 Å². The summed E-state index contributed by atoms with van der Waals surface area (Å²) in [5.74, 6) is -1.17. The van der Waals surface area contributed by atoms with E-state index in [0.717, 1.165) is 6.07 Å². The first kappa shape index (κ1) is 15.2. The molecule has 1 unspecified atom stereocenters. The van der Waals surface area contributed by atoms with Crippen molar-refractivity contribution in [2.75, 3.05) is 0 Å². The third-order valence-electron chi connectivity index (χ3n) is 2.77. The number of aromatic carboxylic acids is 1. The predicted octanol–water partition coefficient (Wildman–Crippen LogP) is 0.948. The standard InChI is InChI=1S/C13H15N3O4S/c1-10(9-16-7-3-6-14-16)15-21(19,20)12-5-2-4-11(8-12)13(17)18/h2-8,10,15H,9H2,1H3,(H,17,18). The summed E-state index contributed by atoms with van der Waals surface area (Å²) in [5, 5.41) is 12.9. The molecule has 0 bridgehead atoms. The largest absolute Gasteiger partial charge is 0.478 e. The Labute approximate surface area is 122 Å². The summed E-state index contributed by atoms with van der Waals surface area (Å²) in [7, 11) is -3.77. The lowest BCUT2D eigenvalue weighted by Gasteiger charge is -2.14. The molecular weight excluding hydrogens is 294 g/mol. The van der Waals surface area contributed by atoms with Crippen LogP contribution in [-0.2, 0) is 16.6 Å². The average molecular weight is 309 g/mol. The molecule has 0 aliphatic heterocycles. The molecule has 1 heterocycles. The van der Waals surface area contributed by atoms with E-state index in [4.69, 9.17) is 5.11 Å². The van der Waals surface area contributed by atoms with E-state index in [9.17, 15) is 13.2 Å². The lowest BCUT2D eigenvalue weighted by atomic mass is 10.2. The highest BCUT2D eigenvalue weighted by molar-refractivity contribution is 7.89. The van der Waals surface area contributed by atoms with Gasteiger partial charge in [-0.25, -0.2) is 17.9 Å². The zero-order chi connectivity index (χ0) is 15.5. The summed E-state index contributed by atoms with van der Waals surface area (Å²) in [5.41, 5.74) is -0.0717. The summed E-state index contributed by atoms with van der Waals surface area (Å²) >= 11 is 0. The molecule has 0 saturated heterocycles. The highest BCUT2D eigenvalue weighted by Gasteiger charge is 2.19. The van der Waals surface area contributed by atoms with Crippen molar-refractivity contribution in [3.63, 3.8) is 0 Å². The van der Waals surface area contributed by atoms with Gasteiger partial charge in [-0.3, -0.25) is 4.68 Å². The molecule has 0 amide bonds. The Hall–Kier alpha value is -2.19. The molecule has 21 heavy (non-hydrogen) atoms. The maximum atomic E-state index is 12.2. The van der Waals surface area contributed by atoms with Crippen molar-refractivity contribution in [3.05, 3.63) is 48.3 Å². The second kappa shape index (κ2) is 6.06. The molecule has 1 aromatic carbocycles. The van der Waals surface area contributed by atoms with Crippen molar-refractivity contribution < 1.29 is 18.3 Å². The van der Waals surface area contributed by atoms with Crippen molar-refractivity contribution in [1.82, 2.24) is 14.5 Å². The van der Waals surface area contributed by atoms with Crippen molar-refractivity contribution in [2.24, 2.45) is 0 Å². The number of carboxylic acid groups (broad SMARTS) is 1. The van der Waals surface area contributed by atoms with Crippen molar-refractivity contribution in [1.29, 1.82) is 0 Å². The number of hydrogen-bond acceptors (Lipinski definition) is 4. The molecule has 0 aliphatic carbocycles. The van der Waals surface area contributed by atoms with Gasteiger partial charge in [0.05, 0.1) is 17.0 Å². The van der Waals surface area contributed by atoms with Crippen LogP contribution in [0.4, 0.5) is 0 Å². The van der Waals surface area contributed by atoms with Gasteiger partial charge in [0.15, 0.2) is 0 Å². The fraction of sp³-hybridized carbons (Fsp3) is 0.231. The van der Waals surface area contributed by atoms with E-state index in [0.29, 0.717) is 6.54 Å². The van der Waals surface area contributed by atoms with Crippen LogP contribution in [0, 0.1) is 0 Å². The minimum absolute atomic E-state index is 0.0717. The van der Waals surface area contributed by atoms with Crippen molar-refractivity contribution in [3.8, 4) is 0 Å². The maximum Gasteiger partial charge on any atom is 0.335 e. The first-order valence-electron chi connectivity index (χ1n) is 6.21. The normalized spacial score (nSPS) is 13.0. The minimum Gasteiger partial charge on any atom is -0.478 e. The minimum atomic E-state index is -3.77. The number of nitrogens with zero attached hydrogens (tertiary/aromatic N) is 2. The van der Waals surface area contributed by atoms with E-state index in [2.05, 4.69) is 9.82 Å². The van der Waals surface area contributed by atoms with Crippen molar-refractivity contribution >= 4 is 16.0 Å². The lowest BCUT2D eigenvalue weighted by Crippen LogP contribution is -2.35. The summed E-state index contributed by atoms with van der Waals surface area (Å²) in [6.07, 6.45) is 3.34. The van der Waals surface area contributed by atoms with Crippen LogP contribution in [0.3, 0.4) is 0 Å². The highest BCUT2D eigenvalue weighted by Crippen LogP contribution is 2.12. The second-order valence-electron chi connectivity index (χ2n) is 4.58. The predicted molar refractivity (Wildman–Crippen MR) is 75.4 cm³/mol. The van der Waals surface area contributed by atoms with Crippen LogP contribution in [-0.4, -0.2) is 35.3 Å². The lowest BCUT2D eigenvalue weighted by molar-refractivity contribution is 0.0696. The van der Waals surface area contributed by atoms with Crippen molar-refractivity contribution in [2.45, 2.75) is 24.4 Å². The summed E-state index contributed by atoms with van der Waals surface area (Å²) in [4.78, 5) is 10.8. The smallest absolute Gasteiger partial charge is 0.335 e. The fourth-order valence-electron chi connectivity index (χ4n) is 1.86. The van der Waals surface area contributed by atoms with Gasteiger partial charge >= 0.3 is 5.97 Å². The van der Waals surface area contributed by atoms with E-state index in [1.54, 1.807) is 30.1 Å². The molecule has 0 spiro atoms. The van der Waals surface area contributed by atoms with Gasteiger partial charge in [-0.05, 0) is 31.2 Å². The van der Waals surface area contributed by atoms with Crippen LogP contribution in [0.1, 0.15) is 17.3 Å². The molecule has 1 atom stereocenters. The van der Waals surface area contributed by atoms with Crippen LogP contribution in [0.15, 0.2) is 47.6 Å². The monoisotopic (exact) mass is 309 g/mol. The quantitative estimate of drug-likeness (QED) is 0.827. The molecule has 0 radical (unpaired) electrons. The molecule has 0 aliphatic rings. The Morgan fingerprint density at radius 1 is 1.43 bits per heavy atom. The third-order valence-corrected chi connectivity index (χ3v) is 4.35. The van der Waals surface area contributed by atoms with E-state index >= 15 is 0 Å². The Morgan fingerprint density at radius 2 is 2.19 bits per heavy atom. The molecular formula is C13H15N3O4S. The number of nitrogens with one attached hydrogen (secondary N) is 1. The van der Waals surface area contributed by atoms with Crippen LogP contribution < -0.4 is 4.72 Å². The summed E-state index contributed by atoms with van der Waals surface area (Å²) in [6.45, 7) is 2.09. The van der Waals surface area contributed by atoms with Gasteiger partial charge in [0.2, 0.25) is 10.0 Å². The summed E-state index contributed by atoms with van der Waals surface area (Å²) in [6, 6.07) is 6.59. The average Bonchev–Trinajstić information content (AvgIpc) is 2.91. The molecule has 0 saturated carbocycles. The third kappa shape index (κ3) is 3.89. The van der Waals surface area contributed by atoms with Gasteiger partial charge < -0.3 is 5.11 Å². The fourth-order valence-corrected chi connectivity index (χ4v) is 3.14. The molecule has 7 nitrogen and oxygen atoms in total. The Morgan fingerprint density at radius 3 is 2.81 bits per heavy atom. The topological polar surface area (TPSA) is 101 Å². The van der Waals surface area contributed by atoms with Gasteiger partial charge in [0.25, 0.3) is 0 Å². The number of rotatable bonds is 6. The van der Waals surface area contributed by atoms with E-state index < -0.39 is 16.0 Å². The van der Waals surface area contributed by atoms with E-state index in [-0.39, 0.29) is 16.5 Å². The Bertz CT molecular complexity index is 726. The summed E-state index contributed by atoms with van der Waals surface area (Å²) < 4.78 is 28.5. The molecule has 112 valence electrons. The SMILES string of the molecule is CC(Cn1cccn1)NS(=O)(=O)c1cccc(C(=O)O)c1. The number of benzene rings is 1. The van der Waals surface area contributed by atoms with Crippen LogP contribution in [0.25, 0.3) is 0 Å². The number of carboxylic acids is 1. The number of hydrogen-bond donors (Lipinski definition) is 2. The molecule has 1 aromatic heterocycles. The zero-order valence-corrected chi connectivity index (χ0v) is 12.1. The van der Waals surface area contributed by atoms with Gasteiger partial charge in [-0.1, -0.05) is 6.07 Å². The Balaban J connectivity index is 2.14. The number of carbonyl (C=O) groups is 1. The van der Waals surface area contributed by atoms with Gasteiger partial charge in [-0.2, -0.15) is 5.10 Å². The first-order chi connectivity index (χ1) is 9.88. The molecule has 0 fully saturated rings. The second-order valence-corrected chi connectivity index (χ2v) is 6.30. The molecule has 2 N–H and O–H groups in total. The molecule has 2 aromatic rings. The Kier molecular flexibility index (Phi) is 4.39. The maximum absolute atomic E-state index is 12.2. The number of sulfonamides is 1. The molecule has 2 rings (SSSR count).